The molecule has 17 heteroatoms. The molecule has 0 bridgehead atoms. The Labute approximate surface area is 362 Å². The van der Waals surface area contributed by atoms with E-state index in [0.717, 1.165) is 150 Å². The number of alkyl halides is 12. The van der Waals surface area contributed by atoms with Crippen LogP contribution in [0.4, 0.5) is 52.7 Å². The molecule has 0 N–H and O–H groups in total. The molecular formula is C46H54BF12NO3. The van der Waals surface area contributed by atoms with Crippen LogP contribution < -0.4 is 14.0 Å². The molecule has 0 aliphatic rings. The summed E-state index contributed by atoms with van der Waals surface area (Å²) in [5.74, 6) is -0.265. The second kappa shape index (κ2) is 23.9. The van der Waals surface area contributed by atoms with Crippen molar-refractivity contribution in [2.45, 2.75) is 123 Å². The Hall–Kier alpha value is -4.54. The zero-order chi connectivity index (χ0) is 46.9. The van der Waals surface area contributed by atoms with E-state index in [1.165, 1.54) is 18.2 Å². The van der Waals surface area contributed by atoms with Crippen LogP contribution in [0.15, 0.2) is 91.0 Å². The maximum Gasteiger partial charge on any atom is 0.864 e. The van der Waals surface area contributed by atoms with Crippen molar-refractivity contribution in [3.8, 4) is 17.2 Å². The molecular weight excluding hydrogens is 853 g/mol. The van der Waals surface area contributed by atoms with Gasteiger partial charge in [-0.3, -0.25) is 0 Å². The first kappa shape index (κ1) is 52.8. The first-order valence-corrected chi connectivity index (χ1v) is 21.0. The van der Waals surface area contributed by atoms with Gasteiger partial charge in [-0.05, 0) is 92.4 Å². The van der Waals surface area contributed by atoms with Gasteiger partial charge in [0, 0.05) is 6.42 Å². The maximum absolute atomic E-state index is 14.4. The molecule has 0 amide bonds. The largest absolute Gasteiger partial charge is 0.864 e. The Balaban J connectivity index is 0.000000924. The Morgan fingerprint density at radius 3 is 1.22 bits per heavy atom. The van der Waals surface area contributed by atoms with Crippen LogP contribution in [0.5, 0.6) is 17.2 Å². The SMILES string of the molecule is CCCCCC(c1cc(C(F)(F)F)ccc1OB(Oc1ccc(C(F)(F)F)cc1)Oc1ccc(C(F)(F)F)cc1)[N+](CCCC)(CCCC)CCCC.FC(F)(F)c1cc[c-]cc1. The second-order valence-electron chi connectivity index (χ2n) is 15.2. The van der Waals surface area contributed by atoms with E-state index < -0.39 is 60.3 Å². The summed E-state index contributed by atoms with van der Waals surface area (Å²) in [4.78, 5) is 0. The highest BCUT2D eigenvalue weighted by atomic mass is 19.4. The molecule has 348 valence electrons. The minimum Gasteiger partial charge on any atom is -0.490 e. The highest BCUT2D eigenvalue weighted by molar-refractivity contribution is 6.39. The van der Waals surface area contributed by atoms with Gasteiger partial charge in [0.25, 0.3) is 0 Å². The maximum atomic E-state index is 14.4. The fourth-order valence-electron chi connectivity index (χ4n) is 7.05. The minimum absolute atomic E-state index is 0.00955. The second-order valence-corrected chi connectivity index (χ2v) is 15.2. The van der Waals surface area contributed by atoms with Gasteiger partial charge in [-0.1, -0.05) is 65.4 Å². The topological polar surface area (TPSA) is 27.7 Å². The average molecular weight is 908 g/mol. The molecule has 1 atom stereocenters. The number of benzene rings is 4. The number of nitrogens with zero attached hydrogens (tertiary/aromatic N) is 1. The number of hydrogen-bond acceptors (Lipinski definition) is 3. The summed E-state index contributed by atoms with van der Waals surface area (Å²) in [5.41, 5.74) is -3.12. The Morgan fingerprint density at radius 1 is 0.476 bits per heavy atom. The summed E-state index contributed by atoms with van der Waals surface area (Å²) in [6, 6.07) is 16.9. The normalized spacial score (nSPS) is 12.9. The molecule has 0 aliphatic heterocycles. The highest BCUT2D eigenvalue weighted by Gasteiger charge is 2.42. The third-order valence-electron chi connectivity index (χ3n) is 10.4. The van der Waals surface area contributed by atoms with Crippen molar-refractivity contribution >= 4 is 7.32 Å². The Morgan fingerprint density at radius 2 is 0.857 bits per heavy atom. The predicted molar refractivity (Wildman–Crippen MR) is 219 cm³/mol. The molecule has 4 aromatic rings. The van der Waals surface area contributed by atoms with Crippen molar-refractivity contribution in [1.82, 2.24) is 0 Å². The molecule has 0 saturated carbocycles. The monoisotopic (exact) mass is 907 g/mol. The van der Waals surface area contributed by atoms with Crippen LogP contribution in [-0.2, 0) is 24.7 Å². The average Bonchev–Trinajstić information content (AvgIpc) is 3.22. The van der Waals surface area contributed by atoms with Gasteiger partial charge < -0.3 is 18.4 Å². The van der Waals surface area contributed by atoms with E-state index in [1.54, 1.807) is 0 Å². The van der Waals surface area contributed by atoms with Crippen molar-refractivity contribution in [1.29, 1.82) is 0 Å². The zero-order valence-corrected chi connectivity index (χ0v) is 35.7. The van der Waals surface area contributed by atoms with Crippen molar-refractivity contribution < 1.29 is 71.1 Å². The lowest BCUT2D eigenvalue weighted by atomic mass is 9.91. The number of unbranched alkanes of at least 4 members (excludes halogenated alkanes) is 5. The lowest BCUT2D eigenvalue weighted by Crippen LogP contribution is -2.53. The van der Waals surface area contributed by atoms with E-state index in [-0.39, 0.29) is 22.8 Å². The molecule has 4 nitrogen and oxygen atoms in total. The van der Waals surface area contributed by atoms with Gasteiger partial charge >= 0.3 is 32.0 Å². The summed E-state index contributed by atoms with van der Waals surface area (Å²) in [6.07, 6.45) is -9.91. The highest BCUT2D eigenvalue weighted by Crippen LogP contribution is 2.43. The predicted octanol–water partition coefficient (Wildman–Crippen LogP) is 15.6. The fraction of sp³-hybridized carbons (Fsp3) is 0.478. The van der Waals surface area contributed by atoms with Gasteiger partial charge in [0.2, 0.25) is 0 Å². The van der Waals surface area contributed by atoms with Crippen molar-refractivity contribution in [2.75, 3.05) is 19.6 Å². The molecule has 0 radical (unpaired) electrons. The molecule has 0 aromatic heterocycles. The molecule has 4 aromatic carbocycles. The summed E-state index contributed by atoms with van der Waals surface area (Å²) >= 11 is 0. The van der Waals surface area contributed by atoms with Crippen LogP contribution >= 0.6 is 0 Å². The van der Waals surface area contributed by atoms with Crippen LogP contribution in [0, 0.1) is 6.07 Å². The van der Waals surface area contributed by atoms with Gasteiger partial charge in [-0.2, -0.15) is 83.0 Å². The third-order valence-corrected chi connectivity index (χ3v) is 10.4. The number of rotatable bonds is 21. The standard InChI is InChI=1S/C39H50BF9NO3.C7H4F3/c1-5-9-13-14-35(50(25-10-6-2,26-11-7-3)27-12-8-4)34-28-31(39(47,48)49)19-24-36(34)53-40(51-32-20-15-29(16-21-32)37(41,42)43)52-33-22-17-30(18-23-33)38(44,45)46;8-7(9,10)6-4-2-1-3-5-6/h15-24,28,35H,5-14,25-27H2,1-4H3;2-5H/q+1;-1. The lowest BCUT2D eigenvalue weighted by molar-refractivity contribution is -0.958. The first-order chi connectivity index (χ1) is 29.6. The molecule has 0 heterocycles. The summed E-state index contributed by atoms with van der Waals surface area (Å²) in [6.45, 7) is 10.5. The van der Waals surface area contributed by atoms with Crippen LogP contribution in [0.2, 0.25) is 0 Å². The molecule has 0 saturated heterocycles. The van der Waals surface area contributed by atoms with E-state index in [2.05, 4.69) is 26.8 Å². The third kappa shape index (κ3) is 16.8. The van der Waals surface area contributed by atoms with Crippen molar-refractivity contribution in [2.24, 2.45) is 0 Å². The molecule has 4 rings (SSSR count). The van der Waals surface area contributed by atoms with Crippen LogP contribution in [0.25, 0.3) is 0 Å². The van der Waals surface area contributed by atoms with Crippen LogP contribution in [0.3, 0.4) is 0 Å². The summed E-state index contributed by atoms with van der Waals surface area (Å²) < 4.78 is 177. The smallest absolute Gasteiger partial charge is 0.490 e. The zero-order valence-electron chi connectivity index (χ0n) is 35.7. The Bertz CT molecular complexity index is 1820. The number of halogens is 12. The lowest BCUT2D eigenvalue weighted by Gasteiger charge is -2.46. The molecule has 1 unspecified atom stereocenters. The van der Waals surface area contributed by atoms with Gasteiger partial charge in [0.15, 0.2) is 0 Å². The number of hydrogen-bond donors (Lipinski definition) is 0. The fourth-order valence-corrected chi connectivity index (χ4v) is 7.05. The Kier molecular flexibility index (Phi) is 20.1. The van der Waals surface area contributed by atoms with Gasteiger partial charge in [0.1, 0.15) is 23.3 Å². The van der Waals surface area contributed by atoms with Crippen LogP contribution in [0.1, 0.15) is 126 Å². The van der Waals surface area contributed by atoms with Gasteiger partial charge in [0.05, 0.1) is 41.9 Å². The van der Waals surface area contributed by atoms with E-state index in [4.69, 9.17) is 14.0 Å². The van der Waals surface area contributed by atoms with Crippen LogP contribution in [-0.4, -0.2) is 31.4 Å². The van der Waals surface area contributed by atoms with E-state index >= 15 is 0 Å². The quantitative estimate of drug-likeness (QED) is 0.0274. The van der Waals surface area contributed by atoms with Gasteiger partial charge in [-0.15, -0.1) is 0 Å². The number of quaternary nitrogens is 1. The minimum atomic E-state index is -4.68. The summed E-state index contributed by atoms with van der Waals surface area (Å²) in [7, 11) is -1.82. The molecule has 0 spiro atoms. The van der Waals surface area contributed by atoms with Crippen molar-refractivity contribution in [3.05, 3.63) is 125 Å². The molecule has 0 fully saturated rings. The van der Waals surface area contributed by atoms with Gasteiger partial charge in [-0.25, -0.2) is 0 Å². The first-order valence-electron chi connectivity index (χ1n) is 21.0. The van der Waals surface area contributed by atoms with E-state index in [9.17, 15) is 52.7 Å². The molecule has 0 aliphatic carbocycles. The van der Waals surface area contributed by atoms with E-state index in [1.807, 2.05) is 6.92 Å². The summed E-state index contributed by atoms with van der Waals surface area (Å²) in [5, 5.41) is 0. The van der Waals surface area contributed by atoms with E-state index in [0.29, 0.717) is 10.9 Å². The van der Waals surface area contributed by atoms with Crippen molar-refractivity contribution in [3.63, 3.8) is 0 Å². The molecule has 63 heavy (non-hydrogen) atoms.